The van der Waals surface area contributed by atoms with E-state index >= 15 is 0 Å². The molecule has 1 heterocycles. The normalized spacial score (nSPS) is 20.5. The van der Waals surface area contributed by atoms with Crippen LogP contribution in [0.25, 0.3) is 0 Å². The van der Waals surface area contributed by atoms with Crippen molar-refractivity contribution in [3.05, 3.63) is 35.9 Å². The third kappa shape index (κ3) is 3.44. The Morgan fingerprint density at radius 2 is 2.09 bits per heavy atom. The Balaban J connectivity index is 1.98. The number of benzene rings is 1. The number of likely N-dealkylation sites (tertiary alicyclic amines) is 1. The number of carbonyl (C=O) groups is 3. The molecule has 1 aromatic rings. The molecule has 2 amide bonds. The molecule has 118 valence electrons. The summed E-state index contributed by atoms with van der Waals surface area (Å²) in [6.45, 7) is 2.28. The summed E-state index contributed by atoms with van der Waals surface area (Å²) in [4.78, 5) is 36.3. The van der Waals surface area contributed by atoms with Crippen molar-refractivity contribution in [2.75, 3.05) is 13.1 Å². The molecule has 6 nitrogen and oxygen atoms in total. The van der Waals surface area contributed by atoms with E-state index in [1.807, 2.05) is 30.3 Å². The predicted octanol–water partition coefficient (Wildman–Crippen LogP) is 1.49. The highest BCUT2D eigenvalue weighted by Gasteiger charge is 2.46. The second-order valence-corrected chi connectivity index (χ2v) is 5.45. The van der Waals surface area contributed by atoms with Gasteiger partial charge in [0.2, 0.25) is 5.91 Å². The number of nitrogens with zero attached hydrogens (tertiary/aromatic N) is 1. The van der Waals surface area contributed by atoms with Gasteiger partial charge in [-0.3, -0.25) is 9.69 Å². The average Bonchev–Trinajstić information content (AvgIpc) is 2.94. The summed E-state index contributed by atoms with van der Waals surface area (Å²) in [5.74, 6) is -0.325. The molecule has 22 heavy (non-hydrogen) atoms. The topological polar surface area (TPSA) is 75.7 Å². The van der Waals surface area contributed by atoms with Crippen LogP contribution in [0.2, 0.25) is 0 Å². The lowest BCUT2D eigenvalue weighted by atomic mass is 9.98. The fourth-order valence-corrected chi connectivity index (χ4v) is 2.61. The number of carbonyl (C=O) groups excluding carboxylic acids is 3. The highest BCUT2D eigenvalue weighted by Crippen LogP contribution is 2.30. The number of nitrogens with one attached hydrogen (secondary N) is 1. The highest BCUT2D eigenvalue weighted by molar-refractivity contribution is 5.91. The van der Waals surface area contributed by atoms with Crippen molar-refractivity contribution in [3.8, 4) is 0 Å². The average molecular weight is 304 g/mol. The summed E-state index contributed by atoms with van der Waals surface area (Å²) in [6, 6.07) is 9.37. The molecule has 2 rings (SSSR count). The summed E-state index contributed by atoms with van der Waals surface area (Å²) >= 11 is 0. The first-order valence-corrected chi connectivity index (χ1v) is 7.28. The van der Waals surface area contributed by atoms with E-state index in [-0.39, 0.29) is 19.1 Å². The fourth-order valence-electron chi connectivity index (χ4n) is 2.61. The summed E-state index contributed by atoms with van der Waals surface area (Å²) in [6.07, 6.45) is 1.39. The Labute approximate surface area is 129 Å². The summed E-state index contributed by atoms with van der Waals surface area (Å²) in [5.41, 5.74) is -0.0706. The molecule has 0 spiro atoms. The number of hydrogen-bond acceptors (Lipinski definition) is 4. The van der Waals surface area contributed by atoms with Crippen molar-refractivity contribution >= 4 is 18.3 Å². The van der Waals surface area contributed by atoms with Crippen LogP contribution < -0.4 is 5.32 Å². The minimum Gasteiger partial charge on any atom is -0.445 e. The van der Waals surface area contributed by atoms with Crippen molar-refractivity contribution in [1.29, 1.82) is 0 Å². The summed E-state index contributed by atoms with van der Waals surface area (Å²) < 4.78 is 5.30. The molecule has 1 N–H and O–H groups in total. The van der Waals surface area contributed by atoms with E-state index in [0.29, 0.717) is 19.3 Å². The summed E-state index contributed by atoms with van der Waals surface area (Å²) in [5, 5.41) is 2.52. The maximum absolute atomic E-state index is 12.3. The molecule has 1 saturated heterocycles. The molecule has 0 aromatic heterocycles. The number of amides is 2. The van der Waals surface area contributed by atoms with Crippen LogP contribution in [0.3, 0.4) is 0 Å². The van der Waals surface area contributed by atoms with Crippen LogP contribution >= 0.6 is 0 Å². The van der Waals surface area contributed by atoms with Crippen LogP contribution in [0.1, 0.15) is 25.3 Å². The van der Waals surface area contributed by atoms with Crippen LogP contribution in [0.5, 0.6) is 0 Å². The van der Waals surface area contributed by atoms with E-state index in [2.05, 4.69) is 5.32 Å². The van der Waals surface area contributed by atoms with Gasteiger partial charge in [-0.2, -0.15) is 0 Å². The van der Waals surface area contributed by atoms with Gasteiger partial charge in [-0.05, 0) is 25.3 Å². The third-order valence-electron chi connectivity index (χ3n) is 3.90. The maximum Gasteiger partial charge on any atom is 0.410 e. The van der Waals surface area contributed by atoms with Gasteiger partial charge in [-0.15, -0.1) is 0 Å². The third-order valence-corrected chi connectivity index (χ3v) is 3.90. The van der Waals surface area contributed by atoms with Crippen molar-refractivity contribution < 1.29 is 19.1 Å². The SMILES string of the molecule is CC1(C(=O)NCC=O)CCCN1C(=O)OCc1ccccc1. The zero-order valence-corrected chi connectivity index (χ0v) is 12.6. The van der Waals surface area contributed by atoms with Crippen LogP contribution in [0.15, 0.2) is 30.3 Å². The van der Waals surface area contributed by atoms with Crippen molar-refractivity contribution in [3.63, 3.8) is 0 Å². The van der Waals surface area contributed by atoms with Gasteiger partial charge in [0.25, 0.3) is 0 Å². The van der Waals surface area contributed by atoms with Gasteiger partial charge in [-0.1, -0.05) is 30.3 Å². The summed E-state index contributed by atoms with van der Waals surface area (Å²) in [7, 11) is 0. The van der Waals surface area contributed by atoms with E-state index in [1.165, 1.54) is 4.90 Å². The van der Waals surface area contributed by atoms with Crippen LogP contribution in [-0.4, -0.2) is 41.8 Å². The minimum atomic E-state index is -0.962. The molecule has 1 unspecified atom stereocenters. The lowest BCUT2D eigenvalue weighted by Gasteiger charge is -2.32. The Hall–Kier alpha value is -2.37. The van der Waals surface area contributed by atoms with Gasteiger partial charge in [0.1, 0.15) is 18.4 Å². The molecule has 1 fully saturated rings. The molecule has 1 aliphatic rings. The molecule has 0 saturated carbocycles. The van der Waals surface area contributed by atoms with Gasteiger partial charge in [0.05, 0.1) is 6.54 Å². The fraction of sp³-hybridized carbons (Fsp3) is 0.438. The zero-order valence-electron chi connectivity index (χ0n) is 12.6. The first-order chi connectivity index (χ1) is 10.6. The molecule has 1 aliphatic heterocycles. The van der Waals surface area contributed by atoms with Crippen molar-refractivity contribution in [2.45, 2.75) is 31.9 Å². The molecular formula is C16H20N2O4. The van der Waals surface area contributed by atoms with Gasteiger partial charge < -0.3 is 14.8 Å². The van der Waals surface area contributed by atoms with Gasteiger partial charge >= 0.3 is 6.09 Å². The van der Waals surface area contributed by atoms with E-state index in [1.54, 1.807) is 6.92 Å². The van der Waals surface area contributed by atoms with Crippen LogP contribution in [0.4, 0.5) is 4.79 Å². The smallest absolute Gasteiger partial charge is 0.410 e. The highest BCUT2D eigenvalue weighted by atomic mass is 16.6. The molecular weight excluding hydrogens is 284 g/mol. The Kier molecular flexibility index (Phi) is 5.14. The number of aldehydes is 1. The van der Waals surface area contributed by atoms with Gasteiger partial charge in [0.15, 0.2) is 0 Å². The molecule has 6 heteroatoms. The van der Waals surface area contributed by atoms with E-state index in [4.69, 9.17) is 4.74 Å². The lowest BCUT2D eigenvalue weighted by molar-refractivity contribution is -0.131. The lowest BCUT2D eigenvalue weighted by Crippen LogP contribution is -2.55. The van der Waals surface area contributed by atoms with E-state index < -0.39 is 11.6 Å². The quantitative estimate of drug-likeness (QED) is 0.836. The van der Waals surface area contributed by atoms with E-state index in [0.717, 1.165) is 12.0 Å². The first kappa shape index (κ1) is 16.0. The first-order valence-electron chi connectivity index (χ1n) is 7.28. The molecule has 1 aromatic carbocycles. The zero-order chi connectivity index (χ0) is 16.0. The molecule has 0 aliphatic carbocycles. The van der Waals surface area contributed by atoms with Crippen molar-refractivity contribution in [1.82, 2.24) is 10.2 Å². The molecule has 0 radical (unpaired) electrons. The Morgan fingerprint density at radius 1 is 1.36 bits per heavy atom. The van der Waals surface area contributed by atoms with Crippen molar-refractivity contribution in [2.24, 2.45) is 0 Å². The van der Waals surface area contributed by atoms with Gasteiger partial charge in [0, 0.05) is 6.54 Å². The molecule has 1 atom stereocenters. The number of hydrogen-bond donors (Lipinski definition) is 1. The number of rotatable bonds is 5. The predicted molar refractivity (Wildman–Crippen MR) is 80.0 cm³/mol. The largest absolute Gasteiger partial charge is 0.445 e. The monoisotopic (exact) mass is 304 g/mol. The maximum atomic E-state index is 12.3. The number of ether oxygens (including phenoxy) is 1. The standard InChI is InChI=1S/C16H20N2O4/c1-16(14(20)17-9-11-19)8-5-10-18(16)15(21)22-12-13-6-3-2-4-7-13/h2-4,6-7,11H,5,8-10,12H2,1H3,(H,17,20). The minimum absolute atomic E-state index is 0.0542. The second-order valence-electron chi connectivity index (χ2n) is 5.45. The Bertz CT molecular complexity index is 546. The van der Waals surface area contributed by atoms with Crippen LogP contribution in [-0.2, 0) is 20.9 Å². The van der Waals surface area contributed by atoms with Gasteiger partial charge in [-0.25, -0.2) is 4.79 Å². The molecule has 0 bridgehead atoms. The Morgan fingerprint density at radius 3 is 2.77 bits per heavy atom. The van der Waals surface area contributed by atoms with Crippen LogP contribution in [0, 0.1) is 0 Å². The van der Waals surface area contributed by atoms with E-state index in [9.17, 15) is 14.4 Å². The second kappa shape index (κ2) is 7.06.